The van der Waals surface area contributed by atoms with Gasteiger partial charge >= 0.3 is 6.03 Å². The molecule has 1 atom stereocenters. The Kier molecular flexibility index (Phi) is 6.74. The molecule has 8 nitrogen and oxygen atoms in total. The number of halogens is 1. The van der Waals surface area contributed by atoms with E-state index in [2.05, 4.69) is 15.6 Å². The summed E-state index contributed by atoms with van der Waals surface area (Å²) in [6.45, 7) is 4.79. The van der Waals surface area contributed by atoms with Crippen LogP contribution in [-0.2, 0) is 16.3 Å². The molecule has 4 rings (SSSR count). The fraction of sp³-hybridized carbons (Fsp3) is 0.348. The number of urea groups is 1. The molecule has 0 aliphatic carbocycles. The summed E-state index contributed by atoms with van der Waals surface area (Å²) in [5, 5.41) is 6.65. The molecule has 2 aromatic carbocycles. The molecule has 3 aromatic rings. The summed E-state index contributed by atoms with van der Waals surface area (Å²) < 4.78 is 1.68. The summed E-state index contributed by atoms with van der Waals surface area (Å²) in [4.78, 5) is 40.4. The van der Waals surface area contributed by atoms with Crippen molar-refractivity contribution in [1.29, 1.82) is 0 Å². The number of carbonyl (C=O) groups excluding carboxylic acids is 1. The SMILES string of the molecule is Cc1ccc(NC(=O)NCc2ccc3nc(C)n(C4CCCOOC4)c(=O)c3c2)cc1Cl. The van der Waals surface area contributed by atoms with Crippen LogP contribution in [0.2, 0.25) is 5.02 Å². The van der Waals surface area contributed by atoms with E-state index in [1.807, 2.05) is 26.0 Å². The molecule has 1 aliphatic rings. The van der Waals surface area contributed by atoms with Crippen LogP contribution in [0.3, 0.4) is 0 Å². The minimum absolute atomic E-state index is 0.122. The first-order chi connectivity index (χ1) is 15.4. The largest absolute Gasteiger partial charge is 0.334 e. The number of carbonyl (C=O) groups is 1. The summed E-state index contributed by atoms with van der Waals surface area (Å²) in [7, 11) is 0. The lowest BCUT2D eigenvalue weighted by Gasteiger charge is -2.19. The normalized spacial score (nSPS) is 16.5. The monoisotopic (exact) mass is 456 g/mol. The smallest absolute Gasteiger partial charge is 0.319 e. The standard InChI is InChI=1S/C23H25ClN4O4/c1-14-5-7-17(11-20(14)24)27-23(30)25-12-16-6-8-21-19(10-16)22(29)28(15(2)26-21)18-4-3-9-31-32-13-18/h5-8,10-11,18H,3-4,9,12-13H2,1-2H3,(H2,25,27,30). The lowest BCUT2D eigenvalue weighted by Crippen LogP contribution is -2.30. The maximum atomic E-state index is 13.3. The Morgan fingerprint density at radius 3 is 2.88 bits per heavy atom. The van der Waals surface area contributed by atoms with E-state index < -0.39 is 0 Å². The number of aryl methyl sites for hydroxylation is 2. The number of hydrogen-bond donors (Lipinski definition) is 2. The van der Waals surface area contributed by atoms with E-state index in [4.69, 9.17) is 21.4 Å². The van der Waals surface area contributed by atoms with Crippen molar-refractivity contribution in [3.63, 3.8) is 0 Å². The fourth-order valence-electron chi connectivity index (χ4n) is 3.78. The lowest BCUT2D eigenvalue weighted by atomic mass is 10.1. The van der Waals surface area contributed by atoms with Gasteiger partial charge in [0.2, 0.25) is 0 Å². The third-order valence-corrected chi connectivity index (χ3v) is 5.90. The van der Waals surface area contributed by atoms with Crippen LogP contribution >= 0.6 is 11.6 Å². The number of rotatable bonds is 4. The third kappa shape index (κ3) is 4.93. The maximum Gasteiger partial charge on any atom is 0.319 e. The van der Waals surface area contributed by atoms with Crippen LogP contribution in [0.5, 0.6) is 0 Å². The van der Waals surface area contributed by atoms with E-state index in [0.29, 0.717) is 40.7 Å². The molecule has 1 saturated heterocycles. The molecule has 32 heavy (non-hydrogen) atoms. The highest BCUT2D eigenvalue weighted by molar-refractivity contribution is 6.31. The van der Waals surface area contributed by atoms with Gasteiger partial charge in [0, 0.05) is 17.3 Å². The predicted molar refractivity (Wildman–Crippen MR) is 123 cm³/mol. The van der Waals surface area contributed by atoms with Gasteiger partial charge in [0.1, 0.15) is 12.4 Å². The Morgan fingerprint density at radius 1 is 1.22 bits per heavy atom. The number of amides is 2. The molecule has 0 bridgehead atoms. The lowest BCUT2D eigenvalue weighted by molar-refractivity contribution is -0.291. The van der Waals surface area contributed by atoms with Crippen LogP contribution in [0.25, 0.3) is 10.9 Å². The summed E-state index contributed by atoms with van der Waals surface area (Å²) in [6.07, 6.45) is 1.58. The van der Waals surface area contributed by atoms with Crippen molar-refractivity contribution >= 4 is 34.2 Å². The number of hydrogen-bond acceptors (Lipinski definition) is 5. The zero-order valence-electron chi connectivity index (χ0n) is 18.0. The van der Waals surface area contributed by atoms with Crippen LogP contribution in [0.4, 0.5) is 10.5 Å². The number of nitrogens with zero attached hydrogens (tertiary/aromatic N) is 2. The Hall–Kier alpha value is -2.94. The minimum atomic E-state index is -0.361. The van der Waals surface area contributed by atoms with Crippen molar-refractivity contribution in [2.24, 2.45) is 0 Å². The second kappa shape index (κ2) is 9.68. The maximum absolute atomic E-state index is 13.3. The van der Waals surface area contributed by atoms with Gasteiger partial charge in [-0.25, -0.2) is 19.6 Å². The second-order valence-corrected chi connectivity index (χ2v) is 8.27. The highest BCUT2D eigenvalue weighted by atomic mass is 35.5. The molecule has 0 radical (unpaired) electrons. The van der Waals surface area contributed by atoms with Gasteiger partial charge in [0.05, 0.1) is 23.6 Å². The molecule has 1 fully saturated rings. The van der Waals surface area contributed by atoms with Crippen molar-refractivity contribution in [2.45, 2.75) is 39.3 Å². The average molecular weight is 457 g/mol. The first-order valence-electron chi connectivity index (χ1n) is 10.5. The van der Waals surface area contributed by atoms with Crippen LogP contribution < -0.4 is 16.2 Å². The van der Waals surface area contributed by atoms with Crippen molar-refractivity contribution < 1.29 is 14.6 Å². The summed E-state index contributed by atoms with van der Waals surface area (Å²) in [6, 6.07) is 10.3. The zero-order chi connectivity index (χ0) is 22.7. The molecular formula is C23H25ClN4O4. The summed E-state index contributed by atoms with van der Waals surface area (Å²) in [5.74, 6) is 0.639. The van der Waals surface area contributed by atoms with Gasteiger partial charge in [-0.2, -0.15) is 0 Å². The van der Waals surface area contributed by atoms with Gasteiger partial charge < -0.3 is 10.6 Å². The highest BCUT2D eigenvalue weighted by Crippen LogP contribution is 2.21. The highest BCUT2D eigenvalue weighted by Gasteiger charge is 2.20. The van der Waals surface area contributed by atoms with Crippen LogP contribution in [-0.4, -0.2) is 28.8 Å². The van der Waals surface area contributed by atoms with E-state index in [0.717, 1.165) is 24.0 Å². The molecule has 9 heteroatoms. The molecule has 0 spiro atoms. The predicted octanol–water partition coefficient (Wildman–Crippen LogP) is 4.27. The first kappa shape index (κ1) is 22.3. The molecule has 1 aromatic heterocycles. The van der Waals surface area contributed by atoms with Gasteiger partial charge in [0.15, 0.2) is 0 Å². The molecule has 1 unspecified atom stereocenters. The van der Waals surface area contributed by atoms with Gasteiger partial charge in [-0.15, -0.1) is 0 Å². The average Bonchev–Trinajstić information content (AvgIpc) is 3.04. The number of anilines is 1. The Labute approximate surface area is 190 Å². The number of benzene rings is 2. The van der Waals surface area contributed by atoms with Crippen LogP contribution in [0.15, 0.2) is 41.2 Å². The summed E-state index contributed by atoms with van der Waals surface area (Å²) >= 11 is 6.11. The summed E-state index contributed by atoms with van der Waals surface area (Å²) in [5.41, 5.74) is 2.84. The van der Waals surface area contributed by atoms with E-state index in [1.165, 1.54) is 0 Å². The Balaban J connectivity index is 1.51. The topological polar surface area (TPSA) is 94.5 Å². The fourth-order valence-corrected chi connectivity index (χ4v) is 3.96. The van der Waals surface area contributed by atoms with Gasteiger partial charge in [-0.1, -0.05) is 23.7 Å². The van der Waals surface area contributed by atoms with Gasteiger partial charge in [-0.05, 0) is 62.1 Å². The van der Waals surface area contributed by atoms with Gasteiger partial charge in [0.25, 0.3) is 5.56 Å². The van der Waals surface area contributed by atoms with Gasteiger partial charge in [-0.3, -0.25) is 9.36 Å². The van der Waals surface area contributed by atoms with E-state index in [9.17, 15) is 9.59 Å². The number of aromatic nitrogens is 2. The second-order valence-electron chi connectivity index (χ2n) is 7.86. The number of nitrogens with one attached hydrogen (secondary N) is 2. The number of fused-ring (bicyclic) bond motifs is 1. The van der Waals surface area contributed by atoms with E-state index in [-0.39, 0.29) is 24.2 Å². The zero-order valence-corrected chi connectivity index (χ0v) is 18.7. The van der Waals surface area contributed by atoms with E-state index >= 15 is 0 Å². The van der Waals surface area contributed by atoms with Crippen LogP contribution in [0, 0.1) is 13.8 Å². The Bertz CT molecular complexity index is 1200. The molecule has 2 amide bonds. The molecule has 0 saturated carbocycles. The van der Waals surface area contributed by atoms with Crippen molar-refractivity contribution in [3.05, 3.63) is 68.7 Å². The van der Waals surface area contributed by atoms with Crippen molar-refractivity contribution in [1.82, 2.24) is 14.9 Å². The third-order valence-electron chi connectivity index (χ3n) is 5.50. The molecule has 1 aliphatic heterocycles. The molecule has 2 heterocycles. The van der Waals surface area contributed by atoms with Crippen molar-refractivity contribution in [2.75, 3.05) is 18.5 Å². The quantitative estimate of drug-likeness (QED) is 0.571. The molecule has 2 N–H and O–H groups in total. The minimum Gasteiger partial charge on any atom is -0.334 e. The Morgan fingerprint density at radius 2 is 2.06 bits per heavy atom. The van der Waals surface area contributed by atoms with Crippen LogP contribution in [0.1, 0.15) is 35.8 Å². The van der Waals surface area contributed by atoms with E-state index in [1.54, 1.807) is 28.8 Å². The molecular weight excluding hydrogens is 432 g/mol. The van der Waals surface area contributed by atoms with Crippen molar-refractivity contribution in [3.8, 4) is 0 Å². The molecule has 168 valence electrons. The first-order valence-corrected chi connectivity index (χ1v) is 10.9.